The molecule has 1 saturated carbocycles. The van der Waals surface area contributed by atoms with Gasteiger partial charge in [-0.1, -0.05) is 0 Å². The molecule has 3 aromatic heterocycles. The highest BCUT2D eigenvalue weighted by atomic mass is 32.1. The number of benzene rings is 1. The van der Waals surface area contributed by atoms with E-state index in [4.69, 9.17) is 15.2 Å². The second-order valence-electron chi connectivity index (χ2n) is 13.3. The van der Waals surface area contributed by atoms with Crippen LogP contribution >= 0.6 is 11.3 Å². The molecule has 2 bridgehead atoms. The predicted octanol–water partition coefficient (Wildman–Crippen LogP) is 4.84. The minimum Gasteiger partial charge on any atom is -0.463 e. The van der Waals surface area contributed by atoms with Crippen LogP contribution in [-0.2, 0) is 4.74 Å². The zero-order valence-corrected chi connectivity index (χ0v) is 26.5. The van der Waals surface area contributed by atoms with Crippen LogP contribution in [0.2, 0.25) is 0 Å². The van der Waals surface area contributed by atoms with E-state index in [0.29, 0.717) is 63.1 Å². The number of nitriles is 1. The van der Waals surface area contributed by atoms with Crippen molar-refractivity contribution in [3.63, 3.8) is 0 Å². The van der Waals surface area contributed by atoms with Crippen LogP contribution in [0.4, 0.5) is 32.8 Å². The first-order valence-electron chi connectivity index (χ1n) is 15.8. The third kappa shape index (κ3) is 5.37. The lowest BCUT2D eigenvalue weighted by Crippen LogP contribution is -2.56. The standard InChI is InChI=1S/C32H31F5N8O2S/c33-21-7-18(22-19(8-38)28(39)48-27(22)23(21)34)25-24(35)26-20(9-40-25)29(45-10-16-1-2-17(11-45)41-16)43-30(42-26)47-15-31(12-32(36,37)13-31)14-44-3-5-46-6-4-44/h7,9,16-17,41H,1-6,10-15,39H2. The van der Waals surface area contributed by atoms with Crippen molar-refractivity contribution in [2.45, 2.75) is 43.7 Å². The van der Waals surface area contributed by atoms with Crippen molar-refractivity contribution in [3.8, 4) is 23.3 Å². The van der Waals surface area contributed by atoms with Crippen molar-refractivity contribution >= 4 is 43.1 Å². The number of pyridine rings is 1. The number of nitrogens with one attached hydrogen (secondary N) is 1. The maximum absolute atomic E-state index is 16.7. The average Bonchev–Trinajstić information content (AvgIpc) is 3.58. The molecule has 2 atom stereocenters. The largest absolute Gasteiger partial charge is 0.463 e. The number of alkyl halides is 2. The van der Waals surface area contributed by atoms with Gasteiger partial charge in [-0.15, -0.1) is 11.3 Å². The van der Waals surface area contributed by atoms with E-state index in [1.54, 1.807) is 0 Å². The normalized spacial score (nSPS) is 23.4. The third-order valence-electron chi connectivity index (χ3n) is 9.85. The lowest BCUT2D eigenvalue weighted by Gasteiger charge is -2.49. The first-order valence-corrected chi connectivity index (χ1v) is 16.6. The molecule has 252 valence electrons. The summed E-state index contributed by atoms with van der Waals surface area (Å²) in [4.78, 5) is 17.5. The van der Waals surface area contributed by atoms with Gasteiger partial charge in [0.15, 0.2) is 17.5 Å². The van der Waals surface area contributed by atoms with Gasteiger partial charge in [0.05, 0.1) is 35.5 Å². The van der Waals surface area contributed by atoms with Gasteiger partial charge in [0.1, 0.15) is 28.1 Å². The summed E-state index contributed by atoms with van der Waals surface area (Å²) < 4.78 is 86.3. The Bertz CT molecular complexity index is 1960. The third-order valence-corrected chi connectivity index (χ3v) is 10.9. The molecule has 3 aliphatic heterocycles. The van der Waals surface area contributed by atoms with E-state index in [2.05, 4.69) is 25.2 Å². The number of anilines is 2. The summed E-state index contributed by atoms with van der Waals surface area (Å²) in [7, 11) is 0. The summed E-state index contributed by atoms with van der Waals surface area (Å²) in [6, 6.07) is 2.91. The Hall–Kier alpha value is -3.91. The molecule has 4 aliphatic rings. The number of aromatic nitrogens is 3. The van der Waals surface area contributed by atoms with Crippen molar-refractivity contribution in [1.29, 1.82) is 5.26 Å². The Kier molecular flexibility index (Phi) is 7.59. The maximum atomic E-state index is 16.7. The number of nitrogens with two attached hydrogens (primary N) is 1. The fraction of sp³-hybridized carbons (Fsp3) is 0.500. The minimum atomic E-state index is -2.82. The molecule has 16 heteroatoms. The van der Waals surface area contributed by atoms with Gasteiger partial charge >= 0.3 is 6.01 Å². The Morgan fingerprint density at radius 2 is 1.83 bits per heavy atom. The number of thiophene rings is 1. The number of piperazine rings is 1. The number of hydrogen-bond donors (Lipinski definition) is 2. The Labute approximate surface area is 275 Å². The second kappa shape index (κ2) is 11.6. The SMILES string of the molecule is N#Cc1c(N)sc2c(F)c(F)cc(-c3ncc4c(N5CC6CCC(C5)N6)nc(OCC5(CN6CCOCC6)CC(F)(F)C5)nc4c3F)c12. The van der Waals surface area contributed by atoms with Gasteiger partial charge in [-0.3, -0.25) is 9.88 Å². The quantitative estimate of drug-likeness (QED) is 0.261. The highest BCUT2D eigenvalue weighted by Gasteiger charge is 2.57. The van der Waals surface area contributed by atoms with Gasteiger partial charge in [0.25, 0.3) is 0 Å². The van der Waals surface area contributed by atoms with Crippen molar-refractivity contribution in [1.82, 2.24) is 25.2 Å². The molecule has 1 aliphatic carbocycles. The van der Waals surface area contributed by atoms with Crippen LogP contribution in [0.1, 0.15) is 31.2 Å². The van der Waals surface area contributed by atoms with Crippen molar-refractivity contribution in [2.24, 2.45) is 5.41 Å². The van der Waals surface area contributed by atoms with Crippen LogP contribution in [0, 0.1) is 34.2 Å². The first-order chi connectivity index (χ1) is 23.0. The monoisotopic (exact) mass is 686 g/mol. The summed E-state index contributed by atoms with van der Waals surface area (Å²) >= 11 is 0.689. The highest BCUT2D eigenvalue weighted by Crippen LogP contribution is 2.53. The number of hydrogen-bond acceptors (Lipinski definition) is 11. The Morgan fingerprint density at radius 3 is 2.52 bits per heavy atom. The van der Waals surface area contributed by atoms with Gasteiger partial charge in [-0.05, 0) is 18.9 Å². The molecule has 0 spiro atoms. The summed E-state index contributed by atoms with van der Waals surface area (Å²) in [5, 5.41) is 13.5. The van der Waals surface area contributed by atoms with E-state index in [0.717, 1.165) is 18.9 Å². The van der Waals surface area contributed by atoms with E-state index in [-0.39, 0.29) is 80.4 Å². The predicted molar refractivity (Wildman–Crippen MR) is 169 cm³/mol. The van der Waals surface area contributed by atoms with Crippen molar-refractivity contribution < 1.29 is 31.4 Å². The molecule has 48 heavy (non-hydrogen) atoms. The van der Waals surface area contributed by atoms with Crippen LogP contribution in [0.3, 0.4) is 0 Å². The highest BCUT2D eigenvalue weighted by molar-refractivity contribution is 7.23. The summed E-state index contributed by atoms with van der Waals surface area (Å²) in [5.41, 5.74) is 4.28. The van der Waals surface area contributed by atoms with Crippen LogP contribution in [0.15, 0.2) is 12.3 Å². The number of fused-ring (bicyclic) bond motifs is 4. The Balaban J connectivity index is 1.22. The molecular formula is C32H31F5N8O2S. The molecular weight excluding hydrogens is 655 g/mol. The van der Waals surface area contributed by atoms with Gasteiger partial charge in [0, 0.05) is 80.2 Å². The van der Waals surface area contributed by atoms with E-state index in [9.17, 15) is 22.8 Å². The molecule has 3 saturated heterocycles. The number of nitrogens with zero attached hydrogens (tertiary/aromatic N) is 6. The van der Waals surface area contributed by atoms with E-state index >= 15 is 4.39 Å². The van der Waals surface area contributed by atoms with Crippen molar-refractivity contribution in [3.05, 3.63) is 35.3 Å². The molecule has 4 aromatic rings. The van der Waals surface area contributed by atoms with Gasteiger partial charge in [-0.2, -0.15) is 15.2 Å². The molecule has 0 radical (unpaired) electrons. The number of rotatable bonds is 7. The molecule has 4 fully saturated rings. The number of halogens is 5. The zero-order chi connectivity index (χ0) is 33.4. The molecule has 6 heterocycles. The molecule has 2 unspecified atom stereocenters. The molecule has 10 nitrogen and oxygen atoms in total. The zero-order valence-electron chi connectivity index (χ0n) is 25.7. The summed E-state index contributed by atoms with van der Waals surface area (Å²) in [6.45, 7) is 3.72. The molecule has 8 rings (SSSR count). The minimum absolute atomic E-state index is 0.0411. The Morgan fingerprint density at radius 1 is 1.10 bits per heavy atom. The van der Waals surface area contributed by atoms with Crippen LogP contribution < -0.4 is 20.7 Å². The number of morpholine rings is 1. The second-order valence-corrected chi connectivity index (χ2v) is 14.4. The number of ether oxygens (including phenoxy) is 2. The van der Waals surface area contributed by atoms with E-state index in [1.807, 2.05) is 11.0 Å². The van der Waals surface area contributed by atoms with Gasteiger partial charge in [0.2, 0.25) is 5.92 Å². The fourth-order valence-electron chi connectivity index (χ4n) is 7.77. The smallest absolute Gasteiger partial charge is 0.319 e. The van der Waals surface area contributed by atoms with Crippen LogP contribution in [0.25, 0.3) is 32.2 Å². The average molecular weight is 687 g/mol. The first kappa shape index (κ1) is 31.4. The lowest BCUT2D eigenvalue weighted by molar-refractivity contribution is -0.183. The number of nitrogen functional groups attached to an aromatic ring is 1. The van der Waals surface area contributed by atoms with Gasteiger partial charge < -0.3 is 25.4 Å². The van der Waals surface area contributed by atoms with Crippen molar-refractivity contribution in [2.75, 3.05) is 63.2 Å². The molecule has 0 amide bonds. The summed E-state index contributed by atoms with van der Waals surface area (Å²) in [5.74, 6) is -5.86. The summed E-state index contributed by atoms with van der Waals surface area (Å²) in [6.07, 6.45) is 2.59. The van der Waals surface area contributed by atoms with Crippen LogP contribution in [0.5, 0.6) is 6.01 Å². The van der Waals surface area contributed by atoms with Crippen LogP contribution in [-0.4, -0.2) is 90.4 Å². The maximum Gasteiger partial charge on any atom is 0.319 e. The molecule has 1 aromatic carbocycles. The fourth-order valence-corrected chi connectivity index (χ4v) is 8.74. The topological polar surface area (TPSA) is 125 Å². The van der Waals surface area contributed by atoms with Gasteiger partial charge in [-0.25, -0.2) is 22.0 Å². The van der Waals surface area contributed by atoms with E-state index in [1.165, 1.54) is 6.20 Å². The lowest BCUT2D eigenvalue weighted by atomic mass is 9.66. The molecule has 3 N–H and O–H groups in total. The van der Waals surface area contributed by atoms with E-state index < -0.39 is 28.8 Å².